The molecule has 2 radical (unpaired) electrons. The summed E-state index contributed by atoms with van der Waals surface area (Å²) in [5.41, 5.74) is 0.409. The van der Waals surface area contributed by atoms with Gasteiger partial charge in [0.25, 0.3) is 0 Å². The number of aliphatic hydroxyl groups is 1. The molecule has 1 fully saturated rings. The third kappa shape index (κ3) is 4.01. The molecule has 0 saturated carbocycles. The van der Waals surface area contributed by atoms with Gasteiger partial charge in [-0.25, -0.2) is 0 Å². The molecule has 0 bridgehead atoms. The summed E-state index contributed by atoms with van der Waals surface area (Å²) in [5, 5.41) is 9.77. The molecule has 1 aromatic rings. The van der Waals surface area contributed by atoms with E-state index in [1.807, 2.05) is 0 Å². The Bertz CT molecular complexity index is 528. The number of carbonyl (C=O) groups is 1. The Hall–Kier alpha value is -1.53. The first-order valence-electron chi connectivity index (χ1n) is 6.60. The first-order chi connectivity index (χ1) is 10.7. The monoisotopic (exact) mass is 296 g/mol. The van der Waals surface area contributed by atoms with Gasteiger partial charge in [0.1, 0.15) is 0 Å². The Kier molecular flexibility index (Phi) is 6.27. The Morgan fingerprint density at radius 2 is 1.82 bits per heavy atom. The average molecular weight is 295 g/mol. The molecule has 0 amide bonds. The molecule has 22 heavy (non-hydrogen) atoms. The number of ether oxygens (including phenoxy) is 2. The van der Waals surface area contributed by atoms with Crippen molar-refractivity contribution in [1.82, 2.24) is 0 Å². The second kappa shape index (κ2) is 8.19. The van der Waals surface area contributed by atoms with E-state index in [0.717, 1.165) is 14.0 Å². The molecule has 1 aromatic carbocycles. The molecule has 0 aromatic heterocycles. The fraction of sp³-hybridized carbons (Fsp3) is 0.417. The maximum absolute atomic E-state index is 11.9. The van der Waals surface area contributed by atoms with E-state index in [2.05, 4.69) is 0 Å². The van der Waals surface area contributed by atoms with Gasteiger partial charge in [0.05, 0.1) is 0 Å². The van der Waals surface area contributed by atoms with Crippen LogP contribution in [-0.4, -0.2) is 71.0 Å². The molecule has 0 spiro atoms. The van der Waals surface area contributed by atoms with Crippen LogP contribution >= 0.6 is 0 Å². The van der Waals surface area contributed by atoms with E-state index in [1.54, 1.807) is 30.3 Å². The number of esters is 1. The van der Waals surface area contributed by atoms with E-state index in [-0.39, 0.29) is 6.61 Å². The number of rotatable bonds is 7. The van der Waals surface area contributed by atoms with Crippen molar-refractivity contribution in [3.63, 3.8) is 0 Å². The number of carbonyl (C=O) groups excluding carboxylic acids is 1. The van der Waals surface area contributed by atoms with Gasteiger partial charge < -0.3 is 0 Å². The summed E-state index contributed by atoms with van der Waals surface area (Å²) >= 11 is 0. The molecule has 1 saturated heterocycles. The molecule has 108 valence electrons. The van der Waals surface area contributed by atoms with Crippen molar-refractivity contribution in [2.75, 3.05) is 6.61 Å². The summed E-state index contributed by atoms with van der Waals surface area (Å²) in [5.74, 6) is -0.510. The van der Waals surface area contributed by atoms with Crippen LogP contribution in [0.4, 0.5) is 0 Å². The van der Waals surface area contributed by atoms with Crippen LogP contribution < -0.4 is 0 Å². The van der Waals surface area contributed by atoms with Crippen LogP contribution in [0.1, 0.15) is 10.4 Å². The van der Waals surface area contributed by atoms with Crippen LogP contribution in [0.5, 0.6) is 0 Å². The molecule has 1 aliphatic heterocycles. The Balaban J connectivity index is 1.97. The van der Waals surface area contributed by atoms with Crippen LogP contribution in [-0.2, 0) is 18.8 Å². The summed E-state index contributed by atoms with van der Waals surface area (Å²) in [6, 6.07) is 8.50. The van der Waals surface area contributed by atoms with Crippen LogP contribution in [0.15, 0.2) is 30.3 Å². The average Bonchev–Trinajstić information content (AvgIpc) is 2.83. The number of aliphatic hydroxyl groups excluding tert-OH is 1. The van der Waals surface area contributed by atoms with E-state index in [4.69, 9.17) is 33.5 Å². The van der Waals surface area contributed by atoms with Crippen LogP contribution in [0, 0.1) is 0 Å². The number of hydrogen-bond donors (Lipinski definition) is 1. The summed E-state index contributed by atoms with van der Waals surface area (Å²) in [4.78, 5) is 11.9. The number of benzene rings is 1. The predicted molar refractivity (Wildman–Crippen MR) is 80.4 cm³/mol. The minimum atomic E-state index is -1.27. The van der Waals surface area contributed by atoms with Gasteiger partial charge in [-0.15, -0.1) is 0 Å². The molecule has 2 rings (SSSR count). The molecule has 4 atom stereocenters. The van der Waals surface area contributed by atoms with Crippen molar-refractivity contribution in [1.29, 1.82) is 0 Å². The third-order valence-electron chi connectivity index (χ3n) is 3.15. The SMILES string of the molecule is [B]=BO[C@@H]1[C@H](COC(=O)c2ccccc2)OC(O)[C@@H]1OB=[B]. The summed E-state index contributed by atoms with van der Waals surface area (Å²) < 4.78 is 20.6. The molecule has 1 heterocycles. The molecular formula is C12H12B4O6. The van der Waals surface area contributed by atoms with Gasteiger partial charge in [0.15, 0.2) is 0 Å². The summed E-state index contributed by atoms with van der Waals surface area (Å²) in [6.45, 7) is -0.131. The second-order valence-corrected chi connectivity index (χ2v) is 4.50. The van der Waals surface area contributed by atoms with E-state index in [9.17, 15) is 9.90 Å². The maximum atomic E-state index is 11.9. The molecule has 10 heteroatoms. The summed E-state index contributed by atoms with van der Waals surface area (Å²) in [6.07, 6.45) is -3.65. The zero-order chi connectivity index (χ0) is 15.9. The van der Waals surface area contributed by atoms with Crippen molar-refractivity contribution < 1.29 is 28.7 Å². The van der Waals surface area contributed by atoms with Gasteiger partial charge in [0.2, 0.25) is 0 Å². The molecule has 1 aliphatic rings. The summed E-state index contributed by atoms with van der Waals surface area (Å²) in [7, 11) is 12.3. The fourth-order valence-corrected chi connectivity index (χ4v) is 2.15. The quantitative estimate of drug-likeness (QED) is 0.500. The van der Waals surface area contributed by atoms with Crippen LogP contribution in [0.2, 0.25) is 0 Å². The van der Waals surface area contributed by atoms with Gasteiger partial charge in [-0.1, -0.05) is 0 Å². The molecular weight excluding hydrogens is 283 g/mol. The third-order valence-corrected chi connectivity index (χ3v) is 3.15. The van der Waals surface area contributed by atoms with Gasteiger partial charge >= 0.3 is 131 Å². The second-order valence-electron chi connectivity index (χ2n) is 4.50. The van der Waals surface area contributed by atoms with E-state index < -0.39 is 30.6 Å². The van der Waals surface area contributed by atoms with Gasteiger partial charge in [-0.2, -0.15) is 0 Å². The Morgan fingerprint density at radius 1 is 1.18 bits per heavy atom. The Labute approximate surface area is 131 Å². The van der Waals surface area contributed by atoms with E-state index in [0.29, 0.717) is 5.56 Å². The van der Waals surface area contributed by atoms with Crippen LogP contribution in [0.3, 0.4) is 0 Å². The van der Waals surface area contributed by atoms with Gasteiger partial charge in [0, 0.05) is 0 Å². The number of hydrogen-bond acceptors (Lipinski definition) is 6. The zero-order valence-corrected chi connectivity index (χ0v) is 11.7. The first-order valence-corrected chi connectivity index (χ1v) is 6.60. The van der Waals surface area contributed by atoms with Crippen molar-refractivity contribution in [3.8, 4) is 0 Å². The van der Waals surface area contributed by atoms with Crippen molar-refractivity contribution in [2.45, 2.75) is 24.6 Å². The minimum absolute atomic E-state index is 0.131. The topological polar surface area (TPSA) is 74.2 Å². The zero-order valence-electron chi connectivity index (χ0n) is 11.7. The normalized spacial score (nSPS) is 26.5. The van der Waals surface area contributed by atoms with Crippen molar-refractivity contribution >= 4 is 34.7 Å². The van der Waals surface area contributed by atoms with Crippen molar-refractivity contribution in [2.24, 2.45) is 0 Å². The van der Waals surface area contributed by atoms with E-state index >= 15 is 0 Å². The van der Waals surface area contributed by atoms with Gasteiger partial charge in [-0.05, 0) is 0 Å². The van der Waals surface area contributed by atoms with E-state index in [1.165, 1.54) is 0 Å². The fourth-order valence-electron chi connectivity index (χ4n) is 2.15. The Morgan fingerprint density at radius 3 is 2.45 bits per heavy atom. The first kappa shape index (κ1) is 16.8. The van der Waals surface area contributed by atoms with Crippen molar-refractivity contribution in [3.05, 3.63) is 35.9 Å². The standard InChI is InChI=1S/C12H12B4O6/c13-15-21-9-8(20-12(18)10(9)22-16-14)6-19-11(17)7-4-2-1-3-5-7/h1-5,8-10,12,18H,6H2/t8-,9+,10+,12?/m0/s1. The molecule has 1 N–H and O–H groups in total. The van der Waals surface area contributed by atoms with Gasteiger partial charge in [-0.3, -0.25) is 0 Å². The molecule has 6 nitrogen and oxygen atoms in total. The molecule has 0 aliphatic carbocycles. The van der Waals surface area contributed by atoms with Crippen LogP contribution in [0.25, 0.3) is 0 Å². The predicted octanol–water partition coefficient (Wildman–Crippen LogP) is -1.26. The molecule has 1 unspecified atom stereocenters.